The van der Waals surface area contributed by atoms with Crippen LogP contribution in [-0.2, 0) is 32.7 Å². The summed E-state index contributed by atoms with van der Waals surface area (Å²) < 4.78 is 33.9. The number of quaternary nitrogens is 1. The van der Waals surface area contributed by atoms with Crippen molar-refractivity contribution in [3.8, 4) is 0 Å². The van der Waals surface area contributed by atoms with Gasteiger partial charge in [-0.2, -0.15) is 0 Å². The molecule has 0 aliphatic heterocycles. The molecule has 0 rings (SSSR count). The number of carbonyl (C=O) groups excluding carboxylic acids is 2. The lowest BCUT2D eigenvalue weighted by Gasteiger charge is -2.28. The number of esters is 2. The Labute approximate surface area is 343 Å². The van der Waals surface area contributed by atoms with E-state index in [1.165, 1.54) is 70.6 Å². The van der Waals surface area contributed by atoms with E-state index in [4.69, 9.17) is 18.5 Å². The summed E-state index contributed by atoms with van der Waals surface area (Å²) in [6, 6.07) is 0. The van der Waals surface area contributed by atoms with Gasteiger partial charge in [0.15, 0.2) is 6.10 Å². The monoisotopic (exact) mass is 810 g/mol. The second-order valence-corrected chi connectivity index (χ2v) is 17.5. The lowest BCUT2D eigenvalue weighted by atomic mass is 10.1. The second kappa shape index (κ2) is 38.5. The maximum Gasteiger partial charge on any atom is 0.306 e. The Hall–Kier alpha value is -2.03. The number of allylic oxidation sites excluding steroid dienone is 8. The molecule has 0 aliphatic carbocycles. The summed E-state index contributed by atoms with van der Waals surface area (Å²) in [5.74, 6) is -0.861. The third-order valence-corrected chi connectivity index (χ3v) is 10.3. The Bertz CT molecular complexity index is 1100. The van der Waals surface area contributed by atoms with E-state index in [1.54, 1.807) is 0 Å². The topological polar surface area (TPSA) is 111 Å². The molecule has 0 amide bonds. The molecule has 0 saturated heterocycles. The lowest BCUT2D eigenvalue weighted by molar-refractivity contribution is -0.870. The molecule has 10 heteroatoms. The average Bonchev–Trinajstić information content (AvgIpc) is 3.15. The zero-order valence-corrected chi connectivity index (χ0v) is 37.5. The number of phosphoric acid groups is 1. The molecule has 0 bridgehead atoms. The average molecular weight is 810 g/mol. The molecule has 326 valence electrons. The lowest BCUT2D eigenvalue weighted by Crippen LogP contribution is -2.37. The number of ether oxygens (including phenoxy) is 2. The molecule has 0 aromatic heterocycles. The van der Waals surface area contributed by atoms with E-state index in [1.807, 2.05) is 21.1 Å². The standard InChI is InChI=1S/C46H84NO8P/c1-6-8-10-12-14-16-18-20-22-23-25-26-28-30-32-34-36-38-45(48)52-42-44(43-54-56(50,51)53-41-40-47(3,4)5)55-46(49)39-37-35-33-31-29-27-24-21-19-17-15-13-11-9-7-2/h14-17,20-22,24,44H,6-13,18-19,23,25-43H2,1-5H3/b16-14-,17-15-,22-20-,24-21-/t44-/m1/s1. The van der Waals surface area contributed by atoms with Gasteiger partial charge in [0.25, 0.3) is 7.82 Å². The maximum absolute atomic E-state index is 12.7. The number of phosphoric ester groups is 1. The van der Waals surface area contributed by atoms with Crippen LogP contribution < -0.4 is 4.89 Å². The number of carbonyl (C=O) groups is 2. The van der Waals surface area contributed by atoms with E-state index in [2.05, 4.69) is 62.5 Å². The summed E-state index contributed by atoms with van der Waals surface area (Å²) in [7, 11) is 1.15. The van der Waals surface area contributed by atoms with Crippen LogP contribution in [0.2, 0.25) is 0 Å². The first-order chi connectivity index (χ1) is 27.0. The molecule has 0 saturated carbocycles. The molecule has 0 N–H and O–H groups in total. The minimum absolute atomic E-state index is 0.0365. The van der Waals surface area contributed by atoms with Crippen molar-refractivity contribution in [1.82, 2.24) is 0 Å². The Morgan fingerprint density at radius 2 is 0.964 bits per heavy atom. The van der Waals surface area contributed by atoms with Crippen molar-refractivity contribution in [3.05, 3.63) is 48.6 Å². The van der Waals surface area contributed by atoms with Crippen LogP contribution in [0.1, 0.15) is 181 Å². The SMILES string of the molecule is CCCCC/C=C\C/C=C\CCCCCCCCCC(=O)OC[C@H](COP(=O)([O-])OCC[N+](C)(C)C)OC(=O)CCCCCCC/C=C\C/C=C\CCCCC. The highest BCUT2D eigenvalue weighted by Gasteiger charge is 2.21. The predicted molar refractivity (Wildman–Crippen MR) is 231 cm³/mol. The molecular weight excluding hydrogens is 725 g/mol. The van der Waals surface area contributed by atoms with E-state index < -0.39 is 32.5 Å². The van der Waals surface area contributed by atoms with E-state index >= 15 is 0 Å². The minimum Gasteiger partial charge on any atom is -0.756 e. The van der Waals surface area contributed by atoms with Crippen LogP contribution in [-0.4, -0.2) is 70.0 Å². The number of rotatable bonds is 40. The quantitative estimate of drug-likeness (QED) is 0.0198. The van der Waals surface area contributed by atoms with Crippen molar-refractivity contribution >= 4 is 19.8 Å². The first kappa shape index (κ1) is 54.0. The van der Waals surface area contributed by atoms with Crippen LogP contribution in [0, 0.1) is 0 Å². The molecule has 0 radical (unpaired) electrons. The number of nitrogens with zero attached hydrogens (tertiary/aromatic N) is 1. The number of hydrogen-bond donors (Lipinski definition) is 0. The summed E-state index contributed by atoms with van der Waals surface area (Å²) >= 11 is 0. The molecule has 0 aliphatic rings. The third kappa shape index (κ3) is 41.6. The van der Waals surface area contributed by atoms with Crippen LogP contribution in [0.3, 0.4) is 0 Å². The fourth-order valence-corrected chi connectivity index (χ4v) is 6.50. The van der Waals surface area contributed by atoms with Gasteiger partial charge < -0.3 is 27.9 Å². The molecule has 56 heavy (non-hydrogen) atoms. The Morgan fingerprint density at radius 1 is 0.554 bits per heavy atom. The van der Waals surface area contributed by atoms with Gasteiger partial charge >= 0.3 is 11.9 Å². The van der Waals surface area contributed by atoms with Gasteiger partial charge in [0.2, 0.25) is 0 Å². The summed E-state index contributed by atoms with van der Waals surface area (Å²) in [5, 5.41) is 0. The van der Waals surface area contributed by atoms with E-state index in [9.17, 15) is 19.0 Å². The fourth-order valence-electron chi connectivity index (χ4n) is 5.77. The summed E-state index contributed by atoms with van der Waals surface area (Å²) in [5.41, 5.74) is 0. The summed E-state index contributed by atoms with van der Waals surface area (Å²) in [4.78, 5) is 37.5. The van der Waals surface area contributed by atoms with E-state index in [-0.39, 0.29) is 26.1 Å². The largest absolute Gasteiger partial charge is 0.756 e. The van der Waals surface area contributed by atoms with Crippen molar-refractivity contribution in [1.29, 1.82) is 0 Å². The molecule has 2 atom stereocenters. The van der Waals surface area contributed by atoms with Crippen LogP contribution >= 0.6 is 7.82 Å². The molecule has 9 nitrogen and oxygen atoms in total. The normalized spacial score (nSPS) is 14.0. The smallest absolute Gasteiger partial charge is 0.306 e. The molecule has 1 unspecified atom stereocenters. The molecule has 0 heterocycles. The fraction of sp³-hybridized carbons (Fsp3) is 0.783. The van der Waals surface area contributed by atoms with Crippen molar-refractivity contribution in [2.45, 2.75) is 187 Å². The van der Waals surface area contributed by atoms with Crippen molar-refractivity contribution in [2.24, 2.45) is 0 Å². The van der Waals surface area contributed by atoms with Crippen molar-refractivity contribution < 1.29 is 42.1 Å². The van der Waals surface area contributed by atoms with Crippen molar-refractivity contribution in [2.75, 3.05) is 47.5 Å². The maximum atomic E-state index is 12.7. The predicted octanol–water partition coefficient (Wildman–Crippen LogP) is 12.1. The van der Waals surface area contributed by atoms with Gasteiger partial charge in [-0.15, -0.1) is 0 Å². The Kier molecular flexibility index (Phi) is 37.1. The van der Waals surface area contributed by atoms with Gasteiger partial charge in [-0.25, -0.2) is 0 Å². The van der Waals surface area contributed by atoms with Crippen LogP contribution in [0.15, 0.2) is 48.6 Å². The van der Waals surface area contributed by atoms with E-state index in [0.29, 0.717) is 17.4 Å². The van der Waals surface area contributed by atoms with Gasteiger partial charge in [-0.05, 0) is 77.0 Å². The number of likely N-dealkylation sites (N-methyl/N-ethyl adjacent to an activating group) is 1. The number of unbranched alkanes of at least 4 members (excludes halogenated alkanes) is 18. The first-order valence-electron chi connectivity index (χ1n) is 22.3. The van der Waals surface area contributed by atoms with Crippen molar-refractivity contribution in [3.63, 3.8) is 0 Å². The summed E-state index contributed by atoms with van der Waals surface area (Å²) in [6.07, 6.45) is 44.1. The highest BCUT2D eigenvalue weighted by Crippen LogP contribution is 2.38. The van der Waals surface area contributed by atoms with E-state index in [0.717, 1.165) is 77.0 Å². The van der Waals surface area contributed by atoms with Gasteiger partial charge in [0.05, 0.1) is 27.7 Å². The second-order valence-electron chi connectivity index (χ2n) is 16.1. The van der Waals surface area contributed by atoms with Gasteiger partial charge in [-0.1, -0.05) is 140 Å². The van der Waals surface area contributed by atoms with Crippen LogP contribution in [0.4, 0.5) is 0 Å². The minimum atomic E-state index is -4.63. The first-order valence-corrected chi connectivity index (χ1v) is 23.8. The Balaban J connectivity index is 4.39. The van der Waals surface area contributed by atoms with Crippen LogP contribution in [0.5, 0.6) is 0 Å². The highest BCUT2D eigenvalue weighted by atomic mass is 31.2. The highest BCUT2D eigenvalue weighted by molar-refractivity contribution is 7.45. The zero-order chi connectivity index (χ0) is 41.4. The molecule has 0 fully saturated rings. The summed E-state index contributed by atoms with van der Waals surface area (Å²) in [6.45, 7) is 4.14. The molecule has 0 aromatic carbocycles. The molecule has 0 spiro atoms. The molecular formula is C46H84NO8P. The van der Waals surface area contributed by atoms with Gasteiger partial charge in [-0.3, -0.25) is 14.2 Å². The number of hydrogen-bond acceptors (Lipinski definition) is 8. The zero-order valence-electron chi connectivity index (χ0n) is 36.6. The van der Waals surface area contributed by atoms with Gasteiger partial charge in [0.1, 0.15) is 19.8 Å². The van der Waals surface area contributed by atoms with Crippen LogP contribution in [0.25, 0.3) is 0 Å². The molecule has 0 aromatic rings. The third-order valence-electron chi connectivity index (χ3n) is 9.32. The van der Waals surface area contributed by atoms with Gasteiger partial charge in [0, 0.05) is 12.8 Å². The Morgan fingerprint density at radius 3 is 1.41 bits per heavy atom.